The van der Waals surface area contributed by atoms with Gasteiger partial charge >= 0.3 is 5.97 Å². The normalized spacial score (nSPS) is 9.15. The first-order chi connectivity index (χ1) is 6.06. The fraction of sp³-hybridized carbons (Fsp3) is 0. The smallest absolute Gasteiger partial charge is 0.339 e. The number of aromatic carboxylic acids is 1. The van der Waals surface area contributed by atoms with Crippen LogP contribution in [0.4, 0.5) is 11.5 Å². The molecule has 0 unspecified atom stereocenters. The number of carboxylic acid groups (broad SMARTS) is 1. The molecule has 0 saturated carbocycles. The lowest BCUT2D eigenvalue weighted by Crippen LogP contribution is -2.07. The summed E-state index contributed by atoms with van der Waals surface area (Å²) in [5, 5.41) is 17.1. The highest BCUT2D eigenvalue weighted by Gasteiger charge is 2.12. The van der Waals surface area contributed by atoms with Gasteiger partial charge in [-0.3, -0.25) is 0 Å². The second-order valence-electron chi connectivity index (χ2n) is 2.28. The largest absolute Gasteiger partial charge is 0.478 e. The van der Waals surface area contributed by atoms with Crippen LogP contribution in [0.5, 0.6) is 0 Å². The van der Waals surface area contributed by atoms with E-state index in [0.717, 1.165) is 6.07 Å². The minimum atomic E-state index is -1.22. The van der Waals surface area contributed by atoms with Gasteiger partial charge in [0.05, 0.1) is 5.69 Å². The van der Waals surface area contributed by atoms with E-state index in [1.165, 1.54) is 0 Å². The van der Waals surface area contributed by atoms with Gasteiger partial charge in [0.25, 0.3) is 0 Å². The van der Waals surface area contributed by atoms with Crippen molar-refractivity contribution in [2.45, 2.75) is 0 Å². The summed E-state index contributed by atoms with van der Waals surface area (Å²) in [7, 11) is 0. The molecule has 0 spiro atoms. The number of nitriles is 1. The van der Waals surface area contributed by atoms with E-state index < -0.39 is 5.97 Å². The molecule has 0 aromatic carbocycles. The van der Waals surface area contributed by atoms with Gasteiger partial charge in [-0.25, -0.2) is 9.78 Å². The second-order valence-corrected chi connectivity index (χ2v) is 2.28. The summed E-state index contributed by atoms with van der Waals surface area (Å²) < 4.78 is 0. The summed E-state index contributed by atoms with van der Waals surface area (Å²) in [6, 6.07) is 2.81. The first-order valence-corrected chi connectivity index (χ1v) is 3.25. The highest BCUT2D eigenvalue weighted by atomic mass is 16.4. The fourth-order valence-electron chi connectivity index (χ4n) is 0.804. The molecule has 6 nitrogen and oxygen atoms in total. The summed E-state index contributed by atoms with van der Waals surface area (Å²) in [4.78, 5) is 14.0. The van der Waals surface area contributed by atoms with Gasteiger partial charge in [0.1, 0.15) is 17.5 Å². The maximum Gasteiger partial charge on any atom is 0.339 e. The predicted molar refractivity (Wildman–Crippen MR) is 44.7 cm³/mol. The van der Waals surface area contributed by atoms with Crippen molar-refractivity contribution in [3.63, 3.8) is 0 Å². The maximum absolute atomic E-state index is 10.5. The van der Waals surface area contributed by atoms with E-state index in [1.54, 1.807) is 6.07 Å². The van der Waals surface area contributed by atoms with Crippen LogP contribution in [0.3, 0.4) is 0 Å². The Balaban J connectivity index is 3.39. The first kappa shape index (κ1) is 8.80. The van der Waals surface area contributed by atoms with Gasteiger partial charge in [-0.15, -0.1) is 0 Å². The number of nitrogens with zero attached hydrogens (tertiary/aromatic N) is 2. The van der Waals surface area contributed by atoms with Gasteiger partial charge in [0.15, 0.2) is 5.69 Å². The van der Waals surface area contributed by atoms with Gasteiger partial charge < -0.3 is 16.6 Å². The number of pyridine rings is 1. The van der Waals surface area contributed by atoms with E-state index >= 15 is 0 Å². The topological polar surface area (TPSA) is 126 Å². The Kier molecular flexibility index (Phi) is 2.02. The van der Waals surface area contributed by atoms with Crippen LogP contribution in [0.2, 0.25) is 0 Å². The minimum absolute atomic E-state index is 0.00843. The summed E-state index contributed by atoms with van der Waals surface area (Å²) >= 11 is 0. The van der Waals surface area contributed by atoms with E-state index in [1.807, 2.05) is 0 Å². The van der Waals surface area contributed by atoms with Crippen molar-refractivity contribution in [1.29, 1.82) is 5.26 Å². The molecule has 1 aromatic heterocycles. The molecule has 5 N–H and O–H groups in total. The van der Waals surface area contributed by atoms with Crippen LogP contribution in [0.15, 0.2) is 6.07 Å². The van der Waals surface area contributed by atoms with E-state index in [9.17, 15) is 4.79 Å². The molecular formula is C7H6N4O2. The monoisotopic (exact) mass is 178 g/mol. The SMILES string of the molecule is N#Cc1nc(N)c(C(=O)O)cc1N. The van der Waals surface area contributed by atoms with Crippen molar-refractivity contribution in [1.82, 2.24) is 4.98 Å². The summed E-state index contributed by atoms with van der Waals surface area (Å²) in [6.07, 6.45) is 0. The number of rotatable bonds is 1. The molecule has 13 heavy (non-hydrogen) atoms. The number of anilines is 2. The van der Waals surface area contributed by atoms with Crippen LogP contribution in [-0.4, -0.2) is 16.1 Å². The Labute approximate surface area is 73.4 Å². The summed E-state index contributed by atoms with van der Waals surface area (Å²) in [5.41, 5.74) is 10.3. The fourth-order valence-corrected chi connectivity index (χ4v) is 0.804. The zero-order valence-electron chi connectivity index (χ0n) is 6.48. The summed E-state index contributed by atoms with van der Waals surface area (Å²) in [6.45, 7) is 0. The molecule has 0 aliphatic carbocycles. The number of carbonyl (C=O) groups is 1. The number of nitrogen functional groups attached to an aromatic ring is 2. The van der Waals surface area contributed by atoms with Crippen molar-refractivity contribution in [3.05, 3.63) is 17.3 Å². The van der Waals surface area contributed by atoms with E-state index in [0.29, 0.717) is 0 Å². The lowest BCUT2D eigenvalue weighted by atomic mass is 10.2. The first-order valence-electron chi connectivity index (χ1n) is 3.25. The zero-order chi connectivity index (χ0) is 10.0. The van der Waals surface area contributed by atoms with E-state index in [4.69, 9.17) is 21.8 Å². The number of aromatic nitrogens is 1. The van der Waals surface area contributed by atoms with Gasteiger partial charge in [0, 0.05) is 0 Å². The third-order valence-electron chi connectivity index (χ3n) is 1.42. The standard InChI is InChI=1S/C7H6N4O2/c8-2-5-4(9)1-3(7(12)13)6(10)11-5/h1H,9H2,(H2,10,11)(H,12,13). The third kappa shape index (κ3) is 1.49. The van der Waals surface area contributed by atoms with Gasteiger partial charge in [-0.1, -0.05) is 0 Å². The van der Waals surface area contributed by atoms with Gasteiger partial charge in [-0.05, 0) is 6.07 Å². The van der Waals surface area contributed by atoms with Crippen LogP contribution in [0.25, 0.3) is 0 Å². The molecule has 0 atom stereocenters. The Hall–Kier alpha value is -2.29. The average Bonchev–Trinajstić information content (AvgIpc) is 2.07. The van der Waals surface area contributed by atoms with E-state index in [-0.39, 0.29) is 22.8 Å². The minimum Gasteiger partial charge on any atom is -0.478 e. The lowest BCUT2D eigenvalue weighted by molar-refractivity contribution is 0.0698. The average molecular weight is 178 g/mol. The number of carboxylic acids is 1. The molecule has 0 radical (unpaired) electrons. The molecule has 1 rings (SSSR count). The van der Waals surface area contributed by atoms with Crippen molar-refractivity contribution >= 4 is 17.5 Å². The maximum atomic E-state index is 10.5. The highest BCUT2D eigenvalue weighted by Crippen LogP contribution is 2.16. The molecule has 1 heterocycles. The highest BCUT2D eigenvalue weighted by molar-refractivity contribution is 5.93. The van der Waals surface area contributed by atoms with Gasteiger partial charge in [-0.2, -0.15) is 5.26 Å². The zero-order valence-corrected chi connectivity index (χ0v) is 6.48. The molecule has 66 valence electrons. The van der Waals surface area contributed by atoms with E-state index in [2.05, 4.69) is 4.98 Å². The Morgan fingerprint density at radius 1 is 1.62 bits per heavy atom. The van der Waals surface area contributed by atoms with Crippen molar-refractivity contribution in [3.8, 4) is 6.07 Å². The van der Waals surface area contributed by atoms with Crippen LogP contribution in [0, 0.1) is 11.3 Å². The molecule has 0 aliphatic rings. The quantitative estimate of drug-likeness (QED) is 0.547. The molecule has 0 amide bonds. The molecule has 0 fully saturated rings. The molecule has 1 aromatic rings. The number of nitrogens with two attached hydrogens (primary N) is 2. The lowest BCUT2D eigenvalue weighted by Gasteiger charge is -2.01. The van der Waals surface area contributed by atoms with Crippen LogP contribution >= 0.6 is 0 Å². The Morgan fingerprint density at radius 2 is 2.23 bits per heavy atom. The Bertz CT molecular complexity index is 408. The van der Waals surface area contributed by atoms with Crippen LogP contribution < -0.4 is 11.5 Å². The van der Waals surface area contributed by atoms with Gasteiger partial charge in [0.2, 0.25) is 0 Å². The van der Waals surface area contributed by atoms with Crippen molar-refractivity contribution in [2.75, 3.05) is 11.5 Å². The number of hydrogen-bond donors (Lipinski definition) is 3. The number of hydrogen-bond acceptors (Lipinski definition) is 5. The van der Waals surface area contributed by atoms with Crippen LogP contribution in [0.1, 0.15) is 16.1 Å². The Morgan fingerprint density at radius 3 is 2.69 bits per heavy atom. The molecule has 6 heteroatoms. The molecule has 0 aliphatic heterocycles. The third-order valence-corrected chi connectivity index (χ3v) is 1.42. The second kappa shape index (κ2) is 2.98. The molecular weight excluding hydrogens is 172 g/mol. The molecule has 0 saturated heterocycles. The van der Waals surface area contributed by atoms with Crippen molar-refractivity contribution in [2.24, 2.45) is 0 Å². The summed E-state index contributed by atoms with van der Waals surface area (Å²) in [5.74, 6) is -1.43. The predicted octanol–water partition coefficient (Wildman–Crippen LogP) is -0.184. The molecule has 0 bridgehead atoms. The van der Waals surface area contributed by atoms with Crippen molar-refractivity contribution < 1.29 is 9.90 Å². The van der Waals surface area contributed by atoms with Crippen LogP contribution in [-0.2, 0) is 0 Å².